The van der Waals surface area contributed by atoms with Gasteiger partial charge in [-0.05, 0) is 49.7 Å². The van der Waals surface area contributed by atoms with E-state index in [2.05, 4.69) is 20.3 Å². The molecular weight excluding hydrogens is 396 g/mol. The van der Waals surface area contributed by atoms with Crippen LogP contribution in [0.1, 0.15) is 11.3 Å². The number of fused-ring (bicyclic) bond motifs is 1. The first-order valence-electron chi connectivity index (χ1n) is 9.58. The number of ether oxygens (including phenoxy) is 1. The predicted octanol–water partition coefficient (Wildman–Crippen LogP) is 4.15. The molecule has 0 bridgehead atoms. The molecule has 0 saturated heterocycles. The number of hydrogen-bond acceptors (Lipinski definition) is 6. The van der Waals surface area contributed by atoms with Crippen LogP contribution in [0.4, 0.5) is 16.3 Å². The van der Waals surface area contributed by atoms with Gasteiger partial charge < -0.3 is 19.7 Å². The molecule has 2 N–H and O–H groups in total. The first kappa shape index (κ1) is 20.1. The first-order chi connectivity index (χ1) is 14.8. The van der Waals surface area contributed by atoms with Crippen molar-refractivity contribution in [2.24, 2.45) is 7.05 Å². The van der Waals surface area contributed by atoms with Crippen LogP contribution < -0.4 is 15.0 Å². The van der Waals surface area contributed by atoms with E-state index in [0.29, 0.717) is 17.4 Å². The molecule has 0 aliphatic carbocycles. The van der Waals surface area contributed by atoms with Gasteiger partial charge in [-0.3, -0.25) is 4.90 Å². The average molecular weight is 418 g/mol. The van der Waals surface area contributed by atoms with Gasteiger partial charge in [0.25, 0.3) is 0 Å². The Bertz CT molecular complexity index is 1260. The van der Waals surface area contributed by atoms with Crippen LogP contribution in [-0.2, 0) is 7.05 Å². The fraction of sp³-hybridized carbons (Fsp3) is 0.182. The predicted molar refractivity (Wildman–Crippen MR) is 118 cm³/mol. The first-order valence-corrected chi connectivity index (χ1v) is 9.58. The molecule has 3 heterocycles. The normalized spacial score (nSPS) is 10.8. The highest BCUT2D eigenvalue weighted by Crippen LogP contribution is 2.32. The molecule has 158 valence electrons. The molecule has 4 rings (SSSR count). The average Bonchev–Trinajstić information content (AvgIpc) is 3.10. The highest BCUT2D eigenvalue weighted by molar-refractivity contribution is 6.01. The minimum absolute atomic E-state index is 0.134. The van der Waals surface area contributed by atoms with Crippen molar-refractivity contribution in [2.45, 2.75) is 13.8 Å². The number of pyridine rings is 1. The minimum atomic E-state index is -0.428. The third-order valence-corrected chi connectivity index (χ3v) is 4.78. The second kappa shape index (κ2) is 7.94. The van der Waals surface area contributed by atoms with Crippen molar-refractivity contribution in [3.8, 4) is 17.4 Å². The highest BCUT2D eigenvalue weighted by atomic mass is 16.5. The summed E-state index contributed by atoms with van der Waals surface area (Å²) < 4.78 is 7.71. The number of phenols is 1. The van der Waals surface area contributed by atoms with E-state index < -0.39 is 6.03 Å². The van der Waals surface area contributed by atoms with Crippen LogP contribution in [0.25, 0.3) is 11.0 Å². The third kappa shape index (κ3) is 4.11. The van der Waals surface area contributed by atoms with Crippen LogP contribution in [-0.4, -0.2) is 37.7 Å². The van der Waals surface area contributed by atoms with Crippen LogP contribution in [0.5, 0.6) is 17.4 Å². The summed E-state index contributed by atoms with van der Waals surface area (Å²) in [4.78, 5) is 26.8. The zero-order valence-electron chi connectivity index (χ0n) is 17.6. The van der Waals surface area contributed by atoms with Gasteiger partial charge in [-0.1, -0.05) is 0 Å². The van der Waals surface area contributed by atoms with Crippen LogP contribution in [0, 0.1) is 13.8 Å². The number of aromatic nitrogens is 4. The molecule has 4 aromatic rings. The lowest BCUT2D eigenvalue weighted by atomic mass is 10.2. The number of anilines is 2. The highest BCUT2D eigenvalue weighted by Gasteiger charge is 2.16. The molecule has 0 fully saturated rings. The molecule has 0 atom stereocenters. The summed E-state index contributed by atoms with van der Waals surface area (Å²) in [5, 5.41) is 13.1. The fourth-order valence-corrected chi connectivity index (χ4v) is 3.25. The van der Waals surface area contributed by atoms with Gasteiger partial charge in [-0.15, -0.1) is 0 Å². The Balaban J connectivity index is 1.52. The van der Waals surface area contributed by atoms with Gasteiger partial charge in [0.2, 0.25) is 5.88 Å². The van der Waals surface area contributed by atoms with E-state index in [4.69, 9.17) is 4.74 Å². The van der Waals surface area contributed by atoms with Crippen molar-refractivity contribution < 1.29 is 14.6 Å². The number of carbonyl (C=O) groups is 1. The molecule has 0 aliphatic heterocycles. The van der Waals surface area contributed by atoms with Gasteiger partial charge in [-0.2, -0.15) is 4.98 Å². The molecule has 0 unspecified atom stereocenters. The number of phenolic OH excluding ortho intramolecular Hbond substituents is 1. The Hall–Kier alpha value is -4.14. The fourth-order valence-electron chi connectivity index (χ4n) is 3.25. The topological polar surface area (TPSA) is 105 Å². The van der Waals surface area contributed by atoms with Gasteiger partial charge in [0, 0.05) is 32.1 Å². The van der Waals surface area contributed by atoms with Gasteiger partial charge in [0.1, 0.15) is 29.2 Å². The SMILES string of the molecule is Cc1cc(C)nc(N(C)C(=O)Nc2ccc(Oc3ncnc4ccn(C)c34)cc2O)c1. The minimum Gasteiger partial charge on any atom is -0.506 e. The zero-order valence-corrected chi connectivity index (χ0v) is 17.6. The monoisotopic (exact) mass is 418 g/mol. The quantitative estimate of drug-likeness (QED) is 0.483. The summed E-state index contributed by atoms with van der Waals surface area (Å²) in [6, 6.07) is 9.80. The second-order valence-corrected chi connectivity index (χ2v) is 7.25. The molecule has 2 amide bonds. The Morgan fingerprint density at radius 1 is 1.16 bits per heavy atom. The molecule has 0 aliphatic rings. The molecule has 3 aromatic heterocycles. The number of amides is 2. The maximum absolute atomic E-state index is 12.6. The van der Waals surface area contributed by atoms with Crippen molar-refractivity contribution in [1.82, 2.24) is 19.5 Å². The van der Waals surface area contributed by atoms with Crippen LogP contribution in [0.15, 0.2) is 48.9 Å². The van der Waals surface area contributed by atoms with E-state index in [-0.39, 0.29) is 11.4 Å². The number of aryl methyl sites for hydroxylation is 3. The molecule has 31 heavy (non-hydrogen) atoms. The van der Waals surface area contributed by atoms with Gasteiger partial charge in [0.15, 0.2) is 0 Å². The van der Waals surface area contributed by atoms with Crippen LogP contribution >= 0.6 is 0 Å². The van der Waals surface area contributed by atoms with Crippen molar-refractivity contribution in [2.75, 3.05) is 17.3 Å². The number of nitrogens with one attached hydrogen (secondary N) is 1. The molecule has 9 heteroatoms. The molecule has 9 nitrogen and oxygen atoms in total. The number of hydrogen-bond donors (Lipinski definition) is 2. The van der Waals surface area contributed by atoms with Gasteiger partial charge in [-0.25, -0.2) is 14.8 Å². The summed E-state index contributed by atoms with van der Waals surface area (Å²) in [5.41, 5.74) is 3.56. The van der Waals surface area contributed by atoms with E-state index in [1.165, 1.54) is 17.3 Å². The summed E-state index contributed by atoms with van der Waals surface area (Å²) in [6.45, 7) is 3.81. The van der Waals surface area contributed by atoms with Crippen molar-refractivity contribution in [3.05, 3.63) is 60.2 Å². The van der Waals surface area contributed by atoms with Crippen molar-refractivity contribution >= 4 is 28.6 Å². The van der Waals surface area contributed by atoms with E-state index >= 15 is 0 Å². The number of rotatable bonds is 4. The Morgan fingerprint density at radius 3 is 2.71 bits per heavy atom. The Kier molecular flexibility index (Phi) is 5.16. The number of carbonyl (C=O) groups excluding carboxylic acids is 1. The maximum Gasteiger partial charge on any atom is 0.327 e. The van der Waals surface area contributed by atoms with Crippen LogP contribution in [0.3, 0.4) is 0 Å². The lowest BCUT2D eigenvalue weighted by Crippen LogP contribution is -2.32. The molecule has 0 radical (unpaired) electrons. The summed E-state index contributed by atoms with van der Waals surface area (Å²) in [6.07, 6.45) is 3.28. The smallest absolute Gasteiger partial charge is 0.327 e. The summed E-state index contributed by atoms with van der Waals surface area (Å²) >= 11 is 0. The Labute approximate surface area is 179 Å². The third-order valence-electron chi connectivity index (χ3n) is 4.78. The number of benzene rings is 1. The maximum atomic E-state index is 12.6. The van der Waals surface area contributed by atoms with Gasteiger partial charge >= 0.3 is 6.03 Å². The number of urea groups is 1. The Morgan fingerprint density at radius 2 is 1.97 bits per heavy atom. The van der Waals surface area contributed by atoms with Crippen molar-refractivity contribution in [3.63, 3.8) is 0 Å². The molecule has 0 spiro atoms. The molecule has 1 aromatic carbocycles. The molecular formula is C22H22N6O3. The summed E-state index contributed by atoms with van der Waals surface area (Å²) in [7, 11) is 3.49. The largest absolute Gasteiger partial charge is 0.506 e. The number of aromatic hydroxyl groups is 1. The van der Waals surface area contributed by atoms with Crippen LogP contribution in [0.2, 0.25) is 0 Å². The summed E-state index contributed by atoms with van der Waals surface area (Å²) in [5.74, 6) is 1.13. The van der Waals surface area contributed by atoms with Crippen molar-refractivity contribution in [1.29, 1.82) is 0 Å². The second-order valence-electron chi connectivity index (χ2n) is 7.25. The standard InChI is InChI=1S/C22H22N6O3/c1-13-9-14(2)25-19(10-13)28(4)22(30)26-16-6-5-15(11-18(16)29)31-21-20-17(23-12-24-21)7-8-27(20)3/h5-12,29H,1-4H3,(H,26,30). The van der Waals surface area contributed by atoms with E-state index in [9.17, 15) is 9.90 Å². The lowest BCUT2D eigenvalue weighted by molar-refractivity contribution is 0.257. The van der Waals surface area contributed by atoms with Gasteiger partial charge in [0.05, 0.1) is 11.2 Å². The lowest BCUT2D eigenvalue weighted by Gasteiger charge is -2.18. The molecule has 0 saturated carbocycles. The zero-order chi connectivity index (χ0) is 22.1. The van der Waals surface area contributed by atoms with E-state index in [1.807, 2.05) is 49.9 Å². The number of nitrogens with zero attached hydrogens (tertiary/aromatic N) is 5. The van der Waals surface area contributed by atoms with E-state index in [0.717, 1.165) is 22.3 Å². The van der Waals surface area contributed by atoms with E-state index in [1.54, 1.807) is 19.2 Å².